The third-order valence-corrected chi connectivity index (χ3v) is 5.25. The molecule has 0 atom stereocenters. The second kappa shape index (κ2) is 10.4. The highest BCUT2D eigenvalue weighted by Gasteiger charge is 2.24. The highest BCUT2D eigenvalue weighted by molar-refractivity contribution is 5.93. The van der Waals surface area contributed by atoms with Crippen molar-refractivity contribution in [2.75, 3.05) is 33.8 Å². The molecule has 2 heterocycles. The van der Waals surface area contributed by atoms with Gasteiger partial charge in [-0.25, -0.2) is 4.68 Å². The fraction of sp³-hybridized carbons (Fsp3) is 0.550. The minimum Gasteiger partial charge on any atom is -0.497 e. The lowest BCUT2D eigenvalue weighted by Crippen LogP contribution is -2.31. The number of benzene rings is 1. The molecule has 1 fully saturated rings. The molecule has 1 aliphatic heterocycles. The zero-order valence-corrected chi connectivity index (χ0v) is 17.7. The van der Waals surface area contributed by atoms with Crippen LogP contribution in [0.3, 0.4) is 0 Å². The number of piperidine rings is 1. The molecule has 0 spiro atoms. The molecule has 0 unspecified atom stereocenters. The lowest BCUT2D eigenvalue weighted by molar-refractivity contribution is 0.0787. The second-order valence-corrected chi connectivity index (χ2v) is 7.13. The van der Waals surface area contributed by atoms with E-state index in [-0.39, 0.29) is 18.3 Å². The second-order valence-electron chi connectivity index (χ2n) is 7.13. The van der Waals surface area contributed by atoms with Crippen molar-refractivity contribution in [1.29, 1.82) is 0 Å². The molecule has 154 valence electrons. The van der Waals surface area contributed by atoms with Crippen LogP contribution < -0.4 is 10.1 Å². The van der Waals surface area contributed by atoms with Crippen LogP contribution in [0.15, 0.2) is 24.3 Å². The van der Waals surface area contributed by atoms with Gasteiger partial charge in [0.15, 0.2) is 5.69 Å². The number of amides is 1. The highest BCUT2D eigenvalue weighted by Crippen LogP contribution is 2.21. The minimum atomic E-state index is -0.0533. The van der Waals surface area contributed by atoms with E-state index in [2.05, 4.69) is 27.8 Å². The molecule has 8 heteroatoms. The minimum absolute atomic E-state index is 0. The summed E-state index contributed by atoms with van der Waals surface area (Å²) in [5.74, 6) is 0.806. The molecule has 1 N–H and O–H groups in total. The van der Waals surface area contributed by atoms with E-state index in [4.69, 9.17) is 4.74 Å². The number of ether oxygens (including phenoxy) is 1. The average molecular weight is 408 g/mol. The molecular formula is C20H30ClN5O2. The number of nitrogens with one attached hydrogen (secondary N) is 1. The van der Waals surface area contributed by atoms with E-state index in [1.165, 1.54) is 5.56 Å². The SMILES string of the molecule is COc1ccc(CCCN(C)C(=O)c2nnn(C3CCNCC3)c2C)cc1.Cl. The normalized spacial score (nSPS) is 14.4. The number of aryl methyl sites for hydroxylation is 1. The summed E-state index contributed by atoms with van der Waals surface area (Å²) in [5, 5.41) is 11.8. The lowest BCUT2D eigenvalue weighted by Gasteiger charge is -2.23. The van der Waals surface area contributed by atoms with Gasteiger partial charge >= 0.3 is 0 Å². The summed E-state index contributed by atoms with van der Waals surface area (Å²) in [6, 6.07) is 8.39. The summed E-state index contributed by atoms with van der Waals surface area (Å²) >= 11 is 0. The highest BCUT2D eigenvalue weighted by atomic mass is 35.5. The Hall–Kier alpha value is -2.12. The van der Waals surface area contributed by atoms with Crippen LogP contribution in [0.5, 0.6) is 5.75 Å². The van der Waals surface area contributed by atoms with Crippen LogP contribution in [0.25, 0.3) is 0 Å². The Morgan fingerprint density at radius 3 is 2.61 bits per heavy atom. The number of methoxy groups -OCH3 is 1. The third-order valence-electron chi connectivity index (χ3n) is 5.25. The van der Waals surface area contributed by atoms with Crippen molar-refractivity contribution in [1.82, 2.24) is 25.2 Å². The Balaban J connectivity index is 0.00000280. The lowest BCUT2D eigenvalue weighted by atomic mass is 10.1. The Bertz CT molecular complexity index is 756. The molecular weight excluding hydrogens is 378 g/mol. The van der Waals surface area contributed by atoms with Crippen molar-refractivity contribution in [2.45, 2.75) is 38.6 Å². The van der Waals surface area contributed by atoms with Gasteiger partial charge in [0, 0.05) is 13.6 Å². The maximum Gasteiger partial charge on any atom is 0.276 e. The standard InChI is InChI=1S/C20H29N5O2.ClH/c1-15-19(22-23-25(15)17-10-12-21-13-11-17)20(26)24(2)14-4-5-16-6-8-18(27-3)9-7-16;/h6-9,17,21H,4-5,10-14H2,1-3H3;1H. The molecule has 1 aromatic carbocycles. The van der Waals surface area contributed by atoms with E-state index < -0.39 is 0 Å². The van der Waals surface area contributed by atoms with Gasteiger partial charge in [-0.3, -0.25) is 4.79 Å². The molecule has 0 radical (unpaired) electrons. The number of rotatable bonds is 7. The van der Waals surface area contributed by atoms with E-state index in [9.17, 15) is 4.79 Å². The number of halogens is 1. The van der Waals surface area contributed by atoms with E-state index >= 15 is 0 Å². The van der Waals surface area contributed by atoms with Gasteiger partial charge in [0.25, 0.3) is 5.91 Å². The van der Waals surface area contributed by atoms with E-state index in [1.807, 2.05) is 30.8 Å². The van der Waals surface area contributed by atoms with Gasteiger partial charge in [-0.15, -0.1) is 17.5 Å². The predicted octanol–water partition coefficient (Wildman–Crippen LogP) is 2.65. The molecule has 2 aromatic rings. The maximum atomic E-state index is 12.8. The number of hydrogen-bond acceptors (Lipinski definition) is 5. The molecule has 1 amide bonds. The van der Waals surface area contributed by atoms with Crippen LogP contribution in [0.1, 0.15) is 47.1 Å². The molecule has 0 aliphatic carbocycles. The Morgan fingerprint density at radius 1 is 1.29 bits per heavy atom. The van der Waals surface area contributed by atoms with Crippen molar-refractivity contribution >= 4 is 18.3 Å². The fourth-order valence-electron chi connectivity index (χ4n) is 3.53. The number of nitrogens with zero attached hydrogens (tertiary/aromatic N) is 4. The molecule has 1 aliphatic rings. The van der Waals surface area contributed by atoms with Crippen LogP contribution in [-0.4, -0.2) is 59.6 Å². The van der Waals surface area contributed by atoms with Crippen molar-refractivity contribution < 1.29 is 9.53 Å². The molecule has 1 aromatic heterocycles. The van der Waals surface area contributed by atoms with Crippen molar-refractivity contribution in [2.24, 2.45) is 0 Å². The van der Waals surface area contributed by atoms with Crippen LogP contribution >= 0.6 is 12.4 Å². The van der Waals surface area contributed by atoms with Gasteiger partial charge in [0.2, 0.25) is 0 Å². The summed E-state index contributed by atoms with van der Waals surface area (Å²) in [7, 11) is 3.50. The van der Waals surface area contributed by atoms with E-state index in [0.717, 1.165) is 50.2 Å². The summed E-state index contributed by atoms with van der Waals surface area (Å²) in [4.78, 5) is 14.5. The number of aromatic nitrogens is 3. The first-order valence-corrected chi connectivity index (χ1v) is 9.61. The third kappa shape index (κ3) is 5.23. The zero-order chi connectivity index (χ0) is 19.2. The number of carbonyl (C=O) groups excluding carboxylic acids is 1. The Morgan fingerprint density at radius 2 is 1.96 bits per heavy atom. The fourth-order valence-corrected chi connectivity index (χ4v) is 3.53. The number of carbonyl (C=O) groups is 1. The molecule has 0 bridgehead atoms. The van der Waals surface area contributed by atoms with E-state index in [1.54, 1.807) is 12.0 Å². The monoisotopic (exact) mass is 407 g/mol. The maximum absolute atomic E-state index is 12.8. The van der Waals surface area contributed by atoms with Gasteiger partial charge < -0.3 is 15.0 Å². The molecule has 3 rings (SSSR count). The Labute approximate surface area is 172 Å². The first-order valence-electron chi connectivity index (χ1n) is 9.61. The summed E-state index contributed by atoms with van der Waals surface area (Å²) < 4.78 is 7.11. The largest absolute Gasteiger partial charge is 0.497 e. The smallest absolute Gasteiger partial charge is 0.276 e. The first-order chi connectivity index (χ1) is 13.1. The van der Waals surface area contributed by atoms with Crippen molar-refractivity contribution in [3.63, 3.8) is 0 Å². The summed E-state index contributed by atoms with van der Waals surface area (Å²) in [6.45, 7) is 4.60. The van der Waals surface area contributed by atoms with Crippen LogP contribution in [0.4, 0.5) is 0 Å². The van der Waals surface area contributed by atoms with Gasteiger partial charge in [0.1, 0.15) is 5.75 Å². The Kier molecular flexibility index (Phi) is 8.26. The predicted molar refractivity (Wildman–Crippen MR) is 111 cm³/mol. The van der Waals surface area contributed by atoms with Gasteiger partial charge in [0.05, 0.1) is 18.8 Å². The average Bonchev–Trinajstić information content (AvgIpc) is 3.09. The molecule has 7 nitrogen and oxygen atoms in total. The van der Waals surface area contributed by atoms with Gasteiger partial charge in [-0.05, 0) is 63.4 Å². The van der Waals surface area contributed by atoms with Crippen LogP contribution in [0.2, 0.25) is 0 Å². The van der Waals surface area contributed by atoms with Gasteiger partial charge in [-0.1, -0.05) is 17.3 Å². The zero-order valence-electron chi connectivity index (χ0n) is 16.9. The number of hydrogen-bond donors (Lipinski definition) is 1. The first kappa shape index (κ1) is 22.2. The summed E-state index contributed by atoms with van der Waals surface area (Å²) in [5.41, 5.74) is 2.58. The van der Waals surface area contributed by atoms with Crippen LogP contribution in [0, 0.1) is 6.92 Å². The quantitative estimate of drug-likeness (QED) is 0.763. The van der Waals surface area contributed by atoms with E-state index in [0.29, 0.717) is 18.3 Å². The van der Waals surface area contributed by atoms with Crippen molar-refractivity contribution in [3.8, 4) is 5.75 Å². The molecule has 1 saturated heterocycles. The summed E-state index contributed by atoms with van der Waals surface area (Å²) in [6.07, 6.45) is 3.86. The molecule has 28 heavy (non-hydrogen) atoms. The molecule has 0 saturated carbocycles. The van der Waals surface area contributed by atoms with Crippen molar-refractivity contribution in [3.05, 3.63) is 41.2 Å². The van der Waals surface area contributed by atoms with Crippen LogP contribution in [-0.2, 0) is 6.42 Å². The topological polar surface area (TPSA) is 72.3 Å². The van der Waals surface area contributed by atoms with Gasteiger partial charge in [-0.2, -0.15) is 0 Å².